The Balaban J connectivity index is 1.01. The van der Waals surface area contributed by atoms with Crippen molar-refractivity contribution in [3.63, 3.8) is 0 Å². The second-order valence-corrected chi connectivity index (χ2v) is 24.1. The van der Waals surface area contributed by atoms with Crippen molar-refractivity contribution in [2.75, 3.05) is 27.4 Å². The van der Waals surface area contributed by atoms with Gasteiger partial charge in [0.05, 0.1) is 38.6 Å². The lowest BCUT2D eigenvalue weighted by Crippen LogP contribution is -2.47. The lowest BCUT2D eigenvalue weighted by Gasteiger charge is -2.37. The SMILES string of the molecule is COc1ccc(C(OC[C@H]2O[C@@H](n3ccc(=O)n(C(=O)c4ccccc4)c3=O)[C@H](OP(=O)(O)O)[C@@H]2OP(=O)(O)OC[C@H]2O[C@@H](n3ccc(=O)n(C(=O)c4ccccc4)c3=O)[C@H](OC(=O)c3ccccc3)[C@@H]2OC(=O)c2ccccc2)(c2ccccc2)c2ccc(OC)cc2)cc1. The second kappa shape index (κ2) is 28.8. The van der Waals surface area contributed by atoms with E-state index in [9.17, 15) is 57.6 Å². The lowest BCUT2D eigenvalue weighted by molar-refractivity contribution is -0.0965. The number of phosphoric acid groups is 2. The predicted octanol–water partition coefficient (Wildman–Crippen LogP) is 6.66. The van der Waals surface area contributed by atoms with Crippen molar-refractivity contribution in [1.82, 2.24) is 18.3 Å². The summed E-state index contributed by atoms with van der Waals surface area (Å²) < 4.78 is 90.2. The van der Waals surface area contributed by atoms with Gasteiger partial charge in [0.15, 0.2) is 24.7 Å². The van der Waals surface area contributed by atoms with E-state index in [0.29, 0.717) is 37.3 Å². The zero-order valence-corrected chi connectivity index (χ0v) is 52.4. The molecule has 4 heterocycles. The molecule has 0 saturated carbocycles. The van der Waals surface area contributed by atoms with Crippen LogP contribution in [0.1, 0.15) is 70.6 Å². The van der Waals surface area contributed by atoms with Gasteiger partial charge in [0, 0.05) is 35.7 Å². The number of nitrogens with zero attached hydrogens (tertiary/aromatic N) is 4. The fourth-order valence-electron chi connectivity index (χ4n) is 11.1. The van der Waals surface area contributed by atoms with Crippen molar-refractivity contribution in [3.05, 3.63) is 305 Å². The van der Waals surface area contributed by atoms with Gasteiger partial charge in [0.25, 0.3) is 22.9 Å². The highest BCUT2D eigenvalue weighted by atomic mass is 31.2. The monoisotopic (exact) mass is 1350 g/mol. The predicted molar refractivity (Wildman–Crippen MR) is 337 cm³/mol. The van der Waals surface area contributed by atoms with E-state index >= 15 is 4.57 Å². The Kier molecular flexibility index (Phi) is 20.2. The van der Waals surface area contributed by atoms with Gasteiger partial charge in [-0.3, -0.25) is 41.9 Å². The minimum atomic E-state index is -5.95. The summed E-state index contributed by atoms with van der Waals surface area (Å²) in [5.41, 5.74) is -5.77. The molecule has 3 N–H and O–H groups in total. The lowest BCUT2D eigenvalue weighted by atomic mass is 9.80. The maximum absolute atomic E-state index is 15.1. The minimum Gasteiger partial charge on any atom is -0.497 e. The molecule has 2 saturated heterocycles. The van der Waals surface area contributed by atoms with Crippen molar-refractivity contribution in [2.24, 2.45) is 0 Å². The quantitative estimate of drug-likeness (QED) is 0.0342. The number of aromatic nitrogens is 4. The highest BCUT2D eigenvalue weighted by molar-refractivity contribution is 7.47. The smallest absolute Gasteiger partial charge is 0.472 e. The molecular formula is C67H58N4O23P2. The van der Waals surface area contributed by atoms with Crippen LogP contribution < -0.4 is 32.0 Å². The fourth-order valence-corrected chi connectivity index (χ4v) is 12.6. The number of methoxy groups -OCH3 is 2. The van der Waals surface area contributed by atoms with Crippen LogP contribution in [-0.2, 0) is 52.0 Å². The molecule has 7 aromatic carbocycles. The summed E-state index contributed by atoms with van der Waals surface area (Å²) in [5.74, 6) is -3.50. The van der Waals surface area contributed by atoms with Crippen LogP contribution >= 0.6 is 15.6 Å². The number of carbonyl (C=O) groups excluding carboxylic acids is 4. The van der Waals surface area contributed by atoms with E-state index in [2.05, 4.69) is 0 Å². The average molecular weight is 1350 g/mol. The van der Waals surface area contributed by atoms with Crippen molar-refractivity contribution in [3.8, 4) is 11.5 Å². The first-order valence-electron chi connectivity index (χ1n) is 29.3. The van der Waals surface area contributed by atoms with Crippen molar-refractivity contribution < 1.29 is 89.7 Å². The number of ether oxygens (including phenoxy) is 7. The molecule has 96 heavy (non-hydrogen) atoms. The average Bonchev–Trinajstić information content (AvgIpc) is 1.31. The Bertz CT molecular complexity index is 4580. The number of carbonyl (C=O) groups is 4. The van der Waals surface area contributed by atoms with Crippen LogP contribution in [0.25, 0.3) is 0 Å². The normalized spacial score (nSPS) is 20.0. The summed E-state index contributed by atoms with van der Waals surface area (Å²) in [6.45, 7) is -2.05. The number of rotatable bonds is 23. The first kappa shape index (κ1) is 67.3. The third kappa shape index (κ3) is 14.4. The van der Waals surface area contributed by atoms with E-state index in [1.165, 1.54) is 111 Å². The molecule has 0 aliphatic carbocycles. The number of esters is 2. The number of hydrogen-bond donors (Lipinski definition) is 3. The van der Waals surface area contributed by atoms with Crippen LogP contribution in [0, 0.1) is 0 Å². The molecule has 0 bridgehead atoms. The molecule has 9 atom stereocenters. The Labute approximate surface area is 544 Å². The molecule has 1 unspecified atom stereocenters. The van der Waals surface area contributed by atoms with Gasteiger partial charge in [-0.05, 0) is 89.5 Å². The third-order valence-corrected chi connectivity index (χ3v) is 17.1. The molecule has 9 aromatic rings. The molecule has 2 aliphatic heterocycles. The van der Waals surface area contributed by atoms with Crippen molar-refractivity contribution >= 4 is 39.4 Å². The number of hydrogen-bond acceptors (Lipinski definition) is 20. The zero-order chi connectivity index (χ0) is 67.9. The van der Waals surface area contributed by atoms with E-state index in [-0.39, 0.29) is 31.4 Å². The van der Waals surface area contributed by atoms with Crippen LogP contribution in [0.2, 0.25) is 0 Å². The van der Waals surface area contributed by atoms with Crippen LogP contribution in [0.15, 0.2) is 244 Å². The molecule has 0 radical (unpaired) electrons. The topological polar surface area (TPSA) is 343 Å². The Morgan fingerprint density at radius 3 is 1.24 bits per heavy atom. The van der Waals surface area contributed by atoms with Gasteiger partial charge in [-0.25, -0.2) is 28.3 Å². The number of benzene rings is 7. The summed E-state index contributed by atoms with van der Waals surface area (Å²) in [5, 5.41) is 0. The zero-order valence-electron chi connectivity index (χ0n) is 50.6. The minimum absolute atomic E-state index is 0.0607. The summed E-state index contributed by atoms with van der Waals surface area (Å²) in [6.07, 6.45) is -14.8. The molecule has 2 fully saturated rings. The van der Waals surface area contributed by atoms with E-state index < -0.39 is 130 Å². The van der Waals surface area contributed by atoms with Crippen LogP contribution in [0.3, 0.4) is 0 Å². The molecule has 0 amide bonds. The first-order valence-corrected chi connectivity index (χ1v) is 32.3. The Hall–Kier alpha value is -10.1. The Morgan fingerprint density at radius 2 is 0.823 bits per heavy atom. The maximum atomic E-state index is 15.1. The molecule has 27 nitrogen and oxygen atoms in total. The van der Waals surface area contributed by atoms with Gasteiger partial charge < -0.3 is 47.8 Å². The van der Waals surface area contributed by atoms with E-state index in [0.717, 1.165) is 24.5 Å². The second-order valence-electron chi connectivity index (χ2n) is 21.5. The van der Waals surface area contributed by atoms with Crippen LogP contribution in [0.5, 0.6) is 11.5 Å². The molecule has 11 rings (SSSR count). The van der Waals surface area contributed by atoms with Crippen LogP contribution in [0.4, 0.5) is 0 Å². The largest absolute Gasteiger partial charge is 0.497 e. The van der Waals surface area contributed by atoms with Gasteiger partial charge in [-0.1, -0.05) is 127 Å². The summed E-state index contributed by atoms with van der Waals surface area (Å²) in [6, 6.07) is 52.7. The first-order chi connectivity index (χ1) is 46.2. The van der Waals surface area contributed by atoms with E-state index in [1.807, 2.05) is 0 Å². The van der Waals surface area contributed by atoms with Gasteiger partial charge in [0.1, 0.15) is 41.5 Å². The summed E-state index contributed by atoms with van der Waals surface area (Å²) >= 11 is 0. The highest BCUT2D eigenvalue weighted by Crippen LogP contribution is 2.53. The van der Waals surface area contributed by atoms with E-state index in [1.54, 1.807) is 103 Å². The number of phosphoric ester groups is 2. The third-order valence-electron chi connectivity index (χ3n) is 15.6. The molecule has 0 spiro atoms. The molecule has 494 valence electrons. The molecular weight excluding hydrogens is 1290 g/mol. The summed E-state index contributed by atoms with van der Waals surface area (Å²) in [7, 11) is -8.90. The molecule has 2 aromatic heterocycles. The van der Waals surface area contributed by atoms with Crippen molar-refractivity contribution in [1.29, 1.82) is 0 Å². The van der Waals surface area contributed by atoms with Crippen LogP contribution in [-0.4, -0.2) is 121 Å². The summed E-state index contributed by atoms with van der Waals surface area (Å²) in [4.78, 5) is 146. The van der Waals surface area contributed by atoms with Crippen molar-refractivity contribution in [2.45, 2.75) is 54.7 Å². The fraction of sp³-hybridized carbons (Fsp3) is 0.194. The maximum Gasteiger partial charge on any atom is 0.472 e. The Morgan fingerprint density at radius 1 is 0.448 bits per heavy atom. The van der Waals surface area contributed by atoms with Gasteiger partial charge in [-0.15, -0.1) is 0 Å². The molecule has 2 aliphatic rings. The van der Waals surface area contributed by atoms with Gasteiger partial charge in [-0.2, -0.15) is 9.13 Å². The van der Waals surface area contributed by atoms with E-state index in [4.69, 9.17) is 46.7 Å². The standard InChI is InChI=1S/C67H58N4O23P2/c1-85-49-32-28-47(29-33-49)67(46-26-16-7-17-27-46,48-30-34-50(86-2)35-31-48)87-40-51-56(58(93-95(80,81)82)62(89-51)69-39-37-54(73)71(66(69)79)60(75)43-20-10-4-11-21-43)94-96(83,84)88-41-52-55(91-63(76)44-22-12-5-13-23-44)57(92-64(77)45-24-14-6-15-25-45)61(90-52)68-38-36-53(72)70(65(68)78)59(74)42-18-8-3-9-19-42/h3-39,51-52,55-58,61-62H,40-41H2,1-2H3,(H,83,84)(H2,80,81,82)/t51-,52-,55-,56-,57-,58-,61-,62-/m1/s1. The van der Waals surface area contributed by atoms with Gasteiger partial charge >= 0.3 is 39.0 Å². The highest BCUT2D eigenvalue weighted by Gasteiger charge is 2.56. The molecule has 29 heteroatoms. The van der Waals surface area contributed by atoms with Gasteiger partial charge in [0.2, 0.25) is 0 Å².